The molecule has 1 atom stereocenters. The van der Waals surface area contributed by atoms with E-state index >= 15 is 0 Å². The second-order valence-corrected chi connectivity index (χ2v) is 4.80. The molecular formula is C13H18O. The Morgan fingerprint density at radius 1 is 0.929 bits per heavy atom. The molecule has 0 fully saturated rings. The Labute approximate surface area is 85.8 Å². The first kappa shape index (κ1) is 9.72. The third-order valence-electron chi connectivity index (χ3n) is 3.88. The van der Waals surface area contributed by atoms with Crippen molar-refractivity contribution in [2.24, 2.45) is 0 Å². The van der Waals surface area contributed by atoms with Crippen LogP contribution in [0.15, 0.2) is 0 Å². The van der Waals surface area contributed by atoms with Gasteiger partial charge in [0, 0.05) is 6.42 Å². The smallest absolute Gasteiger partial charge is 0.0914 e. The highest BCUT2D eigenvalue weighted by Gasteiger charge is 2.39. The Morgan fingerprint density at radius 2 is 1.43 bits per heavy atom. The quantitative estimate of drug-likeness (QED) is 0.667. The van der Waals surface area contributed by atoms with E-state index in [0.717, 1.165) is 6.42 Å². The van der Waals surface area contributed by atoms with Crippen molar-refractivity contribution in [2.45, 2.75) is 46.6 Å². The van der Waals surface area contributed by atoms with E-state index in [2.05, 4.69) is 27.7 Å². The van der Waals surface area contributed by atoms with Crippen LogP contribution in [0.5, 0.6) is 0 Å². The van der Waals surface area contributed by atoms with E-state index in [0.29, 0.717) is 0 Å². The molecule has 1 aliphatic rings. The van der Waals surface area contributed by atoms with Crippen molar-refractivity contribution in [3.05, 3.63) is 33.4 Å². The molecule has 1 aromatic rings. The van der Waals surface area contributed by atoms with E-state index < -0.39 is 5.60 Å². The third-order valence-corrected chi connectivity index (χ3v) is 3.88. The summed E-state index contributed by atoms with van der Waals surface area (Å²) in [5, 5.41) is 10.1. The molecule has 2 rings (SSSR count). The van der Waals surface area contributed by atoms with Crippen LogP contribution in [0.25, 0.3) is 0 Å². The lowest BCUT2D eigenvalue weighted by Gasteiger charge is -2.40. The van der Waals surface area contributed by atoms with Gasteiger partial charge in [0.15, 0.2) is 0 Å². The summed E-state index contributed by atoms with van der Waals surface area (Å²) in [5.74, 6) is 0. The van der Waals surface area contributed by atoms with E-state index in [-0.39, 0.29) is 0 Å². The van der Waals surface area contributed by atoms with Crippen molar-refractivity contribution in [2.75, 3.05) is 0 Å². The maximum absolute atomic E-state index is 10.1. The molecule has 1 heteroatoms. The molecule has 1 nitrogen and oxygen atoms in total. The summed E-state index contributed by atoms with van der Waals surface area (Å²) in [5.41, 5.74) is 7.34. The molecular weight excluding hydrogens is 172 g/mol. The average molecular weight is 190 g/mol. The van der Waals surface area contributed by atoms with Crippen LogP contribution in [0, 0.1) is 27.7 Å². The first-order chi connectivity index (χ1) is 6.36. The predicted molar refractivity (Wildman–Crippen MR) is 58.7 cm³/mol. The second kappa shape index (κ2) is 2.60. The van der Waals surface area contributed by atoms with E-state index in [1.807, 2.05) is 6.92 Å². The SMILES string of the molecule is Cc1c(C)c(C)c2c(c1C)C[C@@]2(C)O. The number of aliphatic hydroxyl groups is 1. The molecule has 0 aromatic heterocycles. The summed E-state index contributed by atoms with van der Waals surface area (Å²) in [6.45, 7) is 10.5. The Balaban J connectivity index is 2.77. The van der Waals surface area contributed by atoms with Gasteiger partial charge < -0.3 is 5.11 Å². The Kier molecular flexibility index (Phi) is 1.81. The highest BCUT2D eigenvalue weighted by molar-refractivity contribution is 5.57. The molecule has 0 unspecified atom stereocenters. The fourth-order valence-electron chi connectivity index (χ4n) is 2.67. The molecule has 0 amide bonds. The number of benzene rings is 1. The van der Waals surface area contributed by atoms with Crippen LogP contribution < -0.4 is 0 Å². The Morgan fingerprint density at radius 3 is 1.93 bits per heavy atom. The van der Waals surface area contributed by atoms with Crippen LogP contribution in [0.1, 0.15) is 40.3 Å². The van der Waals surface area contributed by atoms with Crippen molar-refractivity contribution < 1.29 is 5.11 Å². The van der Waals surface area contributed by atoms with Crippen molar-refractivity contribution >= 4 is 0 Å². The number of rotatable bonds is 0. The monoisotopic (exact) mass is 190 g/mol. The molecule has 1 aliphatic carbocycles. The second-order valence-electron chi connectivity index (χ2n) is 4.80. The molecule has 1 aromatic carbocycles. The lowest BCUT2D eigenvalue weighted by atomic mass is 9.68. The first-order valence-corrected chi connectivity index (χ1v) is 5.18. The molecule has 0 heterocycles. The third kappa shape index (κ3) is 0.992. The zero-order valence-corrected chi connectivity index (χ0v) is 9.65. The fourth-order valence-corrected chi connectivity index (χ4v) is 2.67. The first-order valence-electron chi connectivity index (χ1n) is 5.18. The topological polar surface area (TPSA) is 20.2 Å². The number of hydrogen-bond acceptors (Lipinski definition) is 1. The summed E-state index contributed by atoms with van der Waals surface area (Å²) in [6, 6.07) is 0. The Hall–Kier alpha value is -0.820. The van der Waals surface area contributed by atoms with Crippen molar-refractivity contribution in [1.29, 1.82) is 0 Å². The normalized spacial score (nSPS) is 24.4. The molecule has 0 radical (unpaired) electrons. The van der Waals surface area contributed by atoms with E-state index in [1.165, 1.54) is 33.4 Å². The average Bonchev–Trinajstić information content (AvgIpc) is 2.09. The van der Waals surface area contributed by atoms with Gasteiger partial charge in [-0.3, -0.25) is 0 Å². The number of hydrogen-bond donors (Lipinski definition) is 1. The minimum absolute atomic E-state index is 0.581. The van der Waals surface area contributed by atoms with Crippen LogP contribution in [-0.4, -0.2) is 5.11 Å². The minimum Gasteiger partial charge on any atom is -0.385 e. The standard InChI is InChI=1S/C13H18O/c1-7-8(2)10(4)12-11(9(7)3)6-13(12,5)14/h14H,6H2,1-5H3/t13-/m1/s1. The van der Waals surface area contributed by atoms with Gasteiger partial charge in [-0.2, -0.15) is 0 Å². The zero-order valence-electron chi connectivity index (χ0n) is 9.65. The van der Waals surface area contributed by atoms with E-state index in [9.17, 15) is 5.11 Å². The summed E-state index contributed by atoms with van der Waals surface area (Å²) < 4.78 is 0. The summed E-state index contributed by atoms with van der Waals surface area (Å²) in [6.07, 6.45) is 0.816. The van der Waals surface area contributed by atoms with Crippen LogP contribution >= 0.6 is 0 Å². The van der Waals surface area contributed by atoms with Gasteiger partial charge in [0.2, 0.25) is 0 Å². The Bertz CT molecular complexity index is 391. The molecule has 0 aliphatic heterocycles. The van der Waals surface area contributed by atoms with Crippen LogP contribution in [0.3, 0.4) is 0 Å². The van der Waals surface area contributed by atoms with Gasteiger partial charge in [-0.1, -0.05) is 0 Å². The van der Waals surface area contributed by atoms with Gasteiger partial charge in [0.1, 0.15) is 0 Å². The highest BCUT2D eigenvalue weighted by Crippen LogP contribution is 2.44. The van der Waals surface area contributed by atoms with Gasteiger partial charge in [-0.05, 0) is 68.0 Å². The summed E-state index contributed by atoms with van der Waals surface area (Å²) in [7, 11) is 0. The summed E-state index contributed by atoms with van der Waals surface area (Å²) >= 11 is 0. The number of fused-ring (bicyclic) bond motifs is 1. The van der Waals surface area contributed by atoms with Gasteiger partial charge in [-0.15, -0.1) is 0 Å². The molecule has 76 valence electrons. The van der Waals surface area contributed by atoms with Gasteiger partial charge >= 0.3 is 0 Å². The maximum atomic E-state index is 10.1. The van der Waals surface area contributed by atoms with Crippen molar-refractivity contribution in [3.63, 3.8) is 0 Å². The highest BCUT2D eigenvalue weighted by atomic mass is 16.3. The van der Waals surface area contributed by atoms with Crippen LogP contribution in [-0.2, 0) is 12.0 Å². The van der Waals surface area contributed by atoms with E-state index in [1.54, 1.807) is 0 Å². The maximum Gasteiger partial charge on any atom is 0.0914 e. The van der Waals surface area contributed by atoms with Crippen LogP contribution in [0.4, 0.5) is 0 Å². The van der Waals surface area contributed by atoms with E-state index in [4.69, 9.17) is 0 Å². The lowest BCUT2D eigenvalue weighted by molar-refractivity contribution is 0.0316. The van der Waals surface area contributed by atoms with Crippen LogP contribution in [0.2, 0.25) is 0 Å². The fraction of sp³-hybridized carbons (Fsp3) is 0.538. The van der Waals surface area contributed by atoms with Gasteiger partial charge in [0.05, 0.1) is 5.60 Å². The van der Waals surface area contributed by atoms with Crippen molar-refractivity contribution in [3.8, 4) is 0 Å². The van der Waals surface area contributed by atoms with Gasteiger partial charge in [-0.25, -0.2) is 0 Å². The molecule has 0 spiro atoms. The zero-order chi connectivity index (χ0) is 10.7. The predicted octanol–water partition coefficient (Wildman–Crippen LogP) is 2.68. The molecule has 0 saturated carbocycles. The molecule has 0 bridgehead atoms. The molecule has 1 N–H and O–H groups in total. The molecule has 0 saturated heterocycles. The lowest BCUT2D eigenvalue weighted by Crippen LogP contribution is -2.38. The van der Waals surface area contributed by atoms with Crippen molar-refractivity contribution in [1.82, 2.24) is 0 Å². The summed E-state index contributed by atoms with van der Waals surface area (Å²) in [4.78, 5) is 0. The molecule has 14 heavy (non-hydrogen) atoms. The van der Waals surface area contributed by atoms with Gasteiger partial charge in [0.25, 0.3) is 0 Å². The minimum atomic E-state index is -0.581. The largest absolute Gasteiger partial charge is 0.385 e.